The average molecular weight is 341 g/mol. The number of carbonyl (C=O) groups excluding carboxylic acids is 1. The second-order valence-electron chi connectivity index (χ2n) is 5.57. The van der Waals surface area contributed by atoms with Crippen LogP contribution in [0.3, 0.4) is 0 Å². The minimum Gasteiger partial charge on any atom is -0.438 e. The Morgan fingerprint density at radius 2 is 2.08 bits per heavy atom. The van der Waals surface area contributed by atoms with Crippen LogP contribution < -0.4 is 5.32 Å². The molecule has 0 aliphatic heterocycles. The summed E-state index contributed by atoms with van der Waals surface area (Å²) in [6.07, 6.45) is 2.10. The van der Waals surface area contributed by atoms with Crippen LogP contribution in [0.2, 0.25) is 0 Å². The SMILES string of the molecule is CN(C)C(=O)Cc1ccccc1NCc1ncc(-c2cccs2)o1. The lowest BCUT2D eigenvalue weighted by atomic mass is 10.1. The van der Waals surface area contributed by atoms with Gasteiger partial charge in [0, 0.05) is 19.8 Å². The summed E-state index contributed by atoms with van der Waals surface area (Å²) in [4.78, 5) is 18.9. The van der Waals surface area contributed by atoms with Gasteiger partial charge in [0.1, 0.15) is 0 Å². The fourth-order valence-electron chi connectivity index (χ4n) is 2.26. The Labute approximate surface area is 144 Å². The second-order valence-corrected chi connectivity index (χ2v) is 6.52. The van der Waals surface area contributed by atoms with Crippen molar-refractivity contribution < 1.29 is 9.21 Å². The Morgan fingerprint density at radius 1 is 1.25 bits per heavy atom. The largest absolute Gasteiger partial charge is 0.438 e. The molecular weight excluding hydrogens is 322 g/mol. The number of likely N-dealkylation sites (N-methyl/N-ethyl adjacent to an activating group) is 1. The summed E-state index contributed by atoms with van der Waals surface area (Å²) in [6, 6.07) is 11.8. The van der Waals surface area contributed by atoms with Gasteiger partial charge in [0.2, 0.25) is 11.8 Å². The number of anilines is 1. The molecule has 0 unspecified atom stereocenters. The second kappa shape index (κ2) is 7.31. The van der Waals surface area contributed by atoms with Crippen molar-refractivity contribution in [2.24, 2.45) is 0 Å². The van der Waals surface area contributed by atoms with Crippen LogP contribution in [0.15, 0.2) is 52.4 Å². The lowest BCUT2D eigenvalue weighted by Gasteiger charge is -2.13. The molecule has 24 heavy (non-hydrogen) atoms. The van der Waals surface area contributed by atoms with Crippen molar-refractivity contribution in [2.45, 2.75) is 13.0 Å². The number of nitrogens with zero attached hydrogens (tertiary/aromatic N) is 2. The number of aromatic nitrogens is 1. The molecule has 0 spiro atoms. The summed E-state index contributed by atoms with van der Waals surface area (Å²) in [5.41, 5.74) is 1.88. The third kappa shape index (κ3) is 3.83. The minimum absolute atomic E-state index is 0.0698. The third-order valence-electron chi connectivity index (χ3n) is 3.61. The van der Waals surface area contributed by atoms with Crippen molar-refractivity contribution in [2.75, 3.05) is 19.4 Å². The van der Waals surface area contributed by atoms with Crippen LogP contribution in [0.1, 0.15) is 11.5 Å². The van der Waals surface area contributed by atoms with E-state index < -0.39 is 0 Å². The first-order chi connectivity index (χ1) is 11.6. The quantitative estimate of drug-likeness (QED) is 0.743. The molecule has 0 fully saturated rings. The lowest BCUT2D eigenvalue weighted by Crippen LogP contribution is -2.23. The predicted octanol–water partition coefficient (Wildman–Crippen LogP) is 3.65. The smallest absolute Gasteiger partial charge is 0.226 e. The van der Waals surface area contributed by atoms with E-state index in [4.69, 9.17) is 4.42 Å². The molecule has 1 amide bonds. The monoisotopic (exact) mass is 341 g/mol. The summed E-state index contributed by atoms with van der Waals surface area (Å²) in [5.74, 6) is 1.46. The van der Waals surface area contributed by atoms with E-state index in [0.717, 1.165) is 21.9 Å². The van der Waals surface area contributed by atoms with Crippen LogP contribution in [0.25, 0.3) is 10.6 Å². The van der Waals surface area contributed by atoms with Crippen LogP contribution in [-0.4, -0.2) is 29.9 Å². The standard InChI is InChI=1S/C18H19N3O2S/c1-21(2)18(22)10-13-6-3-4-7-14(13)19-12-17-20-11-15(23-17)16-8-5-9-24-16/h3-9,11,19H,10,12H2,1-2H3. The van der Waals surface area contributed by atoms with Gasteiger partial charge in [0.15, 0.2) is 5.76 Å². The number of hydrogen-bond acceptors (Lipinski definition) is 5. The number of nitrogens with one attached hydrogen (secondary N) is 1. The van der Waals surface area contributed by atoms with Crippen molar-refractivity contribution in [3.63, 3.8) is 0 Å². The highest BCUT2D eigenvalue weighted by Crippen LogP contribution is 2.25. The number of oxazole rings is 1. The van der Waals surface area contributed by atoms with E-state index in [1.165, 1.54) is 0 Å². The Balaban J connectivity index is 1.68. The third-order valence-corrected chi connectivity index (χ3v) is 4.49. The molecule has 0 aliphatic rings. The average Bonchev–Trinajstić information content (AvgIpc) is 3.25. The molecule has 1 aromatic carbocycles. The minimum atomic E-state index is 0.0698. The molecule has 5 nitrogen and oxygen atoms in total. The molecule has 6 heteroatoms. The highest BCUT2D eigenvalue weighted by atomic mass is 32.1. The van der Waals surface area contributed by atoms with Crippen molar-refractivity contribution >= 4 is 22.9 Å². The summed E-state index contributed by atoms with van der Waals surface area (Å²) in [7, 11) is 3.52. The molecule has 1 N–H and O–H groups in total. The normalized spacial score (nSPS) is 10.6. The van der Waals surface area contributed by atoms with Gasteiger partial charge in [0.25, 0.3) is 0 Å². The zero-order valence-corrected chi connectivity index (χ0v) is 14.5. The van der Waals surface area contributed by atoms with E-state index in [1.54, 1.807) is 36.5 Å². The maximum atomic E-state index is 11.9. The zero-order valence-electron chi connectivity index (χ0n) is 13.7. The van der Waals surface area contributed by atoms with E-state index in [1.807, 2.05) is 41.8 Å². The fraction of sp³-hybridized carbons (Fsp3) is 0.222. The molecule has 124 valence electrons. The van der Waals surface area contributed by atoms with Crippen molar-refractivity contribution in [1.82, 2.24) is 9.88 Å². The molecule has 0 bridgehead atoms. The Hall–Kier alpha value is -2.60. The van der Waals surface area contributed by atoms with E-state index in [0.29, 0.717) is 18.9 Å². The maximum Gasteiger partial charge on any atom is 0.226 e. The Kier molecular flexibility index (Phi) is 4.96. The van der Waals surface area contributed by atoms with Crippen LogP contribution >= 0.6 is 11.3 Å². The van der Waals surface area contributed by atoms with Gasteiger partial charge >= 0.3 is 0 Å². The van der Waals surface area contributed by atoms with Gasteiger partial charge in [-0.1, -0.05) is 24.3 Å². The van der Waals surface area contributed by atoms with E-state index >= 15 is 0 Å². The molecule has 0 atom stereocenters. The molecule has 2 heterocycles. The number of benzene rings is 1. The van der Waals surface area contributed by atoms with Gasteiger partial charge < -0.3 is 14.6 Å². The number of para-hydroxylation sites is 1. The molecule has 3 aromatic rings. The molecule has 0 saturated heterocycles. The van der Waals surface area contributed by atoms with Crippen LogP contribution in [-0.2, 0) is 17.8 Å². The summed E-state index contributed by atoms with van der Waals surface area (Å²) in [5, 5.41) is 5.32. The fourth-order valence-corrected chi connectivity index (χ4v) is 2.93. The van der Waals surface area contributed by atoms with Gasteiger partial charge in [0.05, 0.1) is 24.0 Å². The molecule has 2 aromatic heterocycles. The van der Waals surface area contributed by atoms with Crippen LogP contribution in [0.5, 0.6) is 0 Å². The van der Waals surface area contributed by atoms with Gasteiger partial charge in [-0.05, 0) is 23.1 Å². The number of hydrogen-bond donors (Lipinski definition) is 1. The molecular formula is C18H19N3O2S. The topological polar surface area (TPSA) is 58.4 Å². The Morgan fingerprint density at radius 3 is 2.83 bits per heavy atom. The van der Waals surface area contributed by atoms with Crippen LogP contribution in [0, 0.1) is 0 Å². The summed E-state index contributed by atoms with van der Waals surface area (Å²) in [6.45, 7) is 0.471. The van der Waals surface area contributed by atoms with Crippen molar-refractivity contribution in [1.29, 1.82) is 0 Å². The number of amides is 1. The first-order valence-corrected chi connectivity index (χ1v) is 8.52. The first kappa shape index (κ1) is 16.3. The number of thiophene rings is 1. The van der Waals surface area contributed by atoms with E-state index in [2.05, 4.69) is 10.3 Å². The molecule has 3 rings (SSSR count). The highest BCUT2D eigenvalue weighted by Gasteiger charge is 2.11. The Bertz CT molecular complexity index is 809. The van der Waals surface area contributed by atoms with E-state index in [-0.39, 0.29) is 5.91 Å². The molecule has 0 saturated carbocycles. The predicted molar refractivity (Wildman–Crippen MR) is 96.0 cm³/mol. The number of carbonyl (C=O) groups is 1. The number of rotatable bonds is 6. The van der Waals surface area contributed by atoms with Gasteiger partial charge in [-0.25, -0.2) is 4.98 Å². The zero-order chi connectivity index (χ0) is 16.9. The van der Waals surface area contributed by atoms with E-state index in [9.17, 15) is 4.79 Å². The van der Waals surface area contributed by atoms with Crippen molar-refractivity contribution in [3.8, 4) is 10.6 Å². The summed E-state index contributed by atoms with van der Waals surface area (Å²) >= 11 is 1.62. The summed E-state index contributed by atoms with van der Waals surface area (Å²) < 4.78 is 5.77. The highest BCUT2D eigenvalue weighted by molar-refractivity contribution is 7.13. The van der Waals surface area contributed by atoms with Gasteiger partial charge in [-0.3, -0.25) is 4.79 Å². The van der Waals surface area contributed by atoms with Crippen molar-refractivity contribution in [3.05, 3.63) is 59.4 Å². The molecule has 0 aliphatic carbocycles. The molecule has 0 radical (unpaired) electrons. The van der Waals surface area contributed by atoms with Gasteiger partial charge in [-0.2, -0.15) is 0 Å². The van der Waals surface area contributed by atoms with Gasteiger partial charge in [-0.15, -0.1) is 11.3 Å². The maximum absolute atomic E-state index is 11.9. The van der Waals surface area contributed by atoms with Crippen LogP contribution in [0.4, 0.5) is 5.69 Å². The lowest BCUT2D eigenvalue weighted by molar-refractivity contribution is -0.127. The first-order valence-electron chi connectivity index (χ1n) is 7.64.